The van der Waals surface area contributed by atoms with E-state index in [1.54, 1.807) is 7.11 Å². The Labute approximate surface area is 167 Å². The van der Waals surface area contributed by atoms with Crippen LogP contribution in [0.3, 0.4) is 0 Å². The van der Waals surface area contributed by atoms with Crippen LogP contribution in [0.25, 0.3) is 0 Å². The molecule has 1 aliphatic carbocycles. The summed E-state index contributed by atoms with van der Waals surface area (Å²) in [7, 11) is 1.58. The van der Waals surface area contributed by atoms with Crippen LogP contribution in [0.4, 0.5) is 0 Å². The molecule has 6 nitrogen and oxygen atoms in total. The molecule has 2 aromatic heterocycles. The topological polar surface area (TPSA) is 69.2 Å². The van der Waals surface area contributed by atoms with Gasteiger partial charge < -0.3 is 14.8 Å². The van der Waals surface area contributed by atoms with Crippen molar-refractivity contribution in [2.75, 3.05) is 20.3 Å². The molecule has 1 saturated heterocycles. The second-order valence-corrected chi connectivity index (χ2v) is 8.17. The van der Waals surface area contributed by atoms with E-state index in [9.17, 15) is 0 Å². The zero-order valence-corrected chi connectivity index (χ0v) is 16.7. The fraction of sp³-hybridized carbons (Fsp3) is 0.591. The molecule has 28 heavy (non-hydrogen) atoms. The van der Waals surface area contributed by atoms with Gasteiger partial charge in [0.25, 0.3) is 0 Å². The molecule has 0 bridgehead atoms. The van der Waals surface area contributed by atoms with E-state index < -0.39 is 0 Å². The Balaban J connectivity index is 1.42. The van der Waals surface area contributed by atoms with E-state index in [0.29, 0.717) is 6.01 Å². The Morgan fingerprint density at radius 2 is 1.93 bits per heavy atom. The monoisotopic (exact) mass is 382 g/mol. The zero-order valence-electron chi connectivity index (χ0n) is 16.7. The summed E-state index contributed by atoms with van der Waals surface area (Å²) in [5.41, 5.74) is 2.44. The van der Waals surface area contributed by atoms with Crippen LogP contribution >= 0.6 is 0 Å². The molecule has 3 heterocycles. The Bertz CT molecular complexity index is 747. The highest BCUT2D eigenvalue weighted by Gasteiger charge is 2.48. The third-order valence-corrected chi connectivity index (χ3v) is 6.35. The van der Waals surface area contributed by atoms with Crippen LogP contribution in [-0.4, -0.2) is 40.8 Å². The first kappa shape index (κ1) is 19.3. The summed E-state index contributed by atoms with van der Waals surface area (Å²) in [6, 6.07) is 6.72. The lowest BCUT2D eigenvalue weighted by atomic mass is 9.68. The first-order chi connectivity index (χ1) is 13.7. The van der Waals surface area contributed by atoms with E-state index in [1.165, 1.54) is 31.4 Å². The van der Waals surface area contributed by atoms with Crippen molar-refractivity contribution in [3.63, 3.8) is 0 Å². The van der Waals surface area contributed by atoms with Crippen molar-refractivity contribution in [3.8, 4) is 6.01 Å². The van der Waals surface area contributed by atoms with Crippen LogP contribution in [0, 0.1) is 0 Å². The van der Waals surface area contributed by atoms with Gasteiger partial charge >= 0.3 is 6.01 Å². The molecule has 4 rings (SSSR count). The second-order valence-electron chi connectivity index (χ2n) is 8.17. The van der Waals surface area contributed by atoms with Crippen LogP contribution in [-0.2, 0) is 16.7 Å². The average molecular weight is 383 g/mol. The van der Waals surface area contributed by atoms with E-state index in [4.69, 9.17) is 14.5 Å². The van der Waals surface area contributed by atoms with Crippen LogP contribution in [0.5, 0.6) is 6.01 Å². The molecular weight excluding hydrogens is 352 g/mol. The van der Waals surface area contributed by atoms with Gasteiger partial charge in [-0.2, -0.15) is 0 Å². The number of hydrogen-bond donors (Lipinski definition) is 1. The van der Waals surface area contributed by atoms with Gasteiger partial charge in [0.15, 0.2) is 0 Å². The molecular formula is C22H30N4O2. The summed E-state index contributed by atoms with van der Waals surface area (Å²) in [4.78, 5) is 13.1. The minimum absolute atomic E-state index is 0.0690. The minimum atomic E-state index is 0.0690. The number of rotatable bonds is 7. The van der Waals surface area contributed by atoms with Crippen LogP contribution < -0.4 is 10.1 Å². The molecule has 2 aliphatic rings. The average Bonchev–Trinajstić information content (AvgIpc) is 3.19. The van der Waals surface area contributed by atoms with Crippen molar-refractivity contribution in [2.45, 2.75) is 62.5 Å². The molecule has 1 aliphatic heterocycles. The maximum absolute atomic E-state index is 6.32. The van der Waals surface area contributed by atoms with Crippen molar-refractivity contribution in [1.82, 2.24) is 20.3 Å². The first-order valence-corrected chi connectivity index (χ1v) is 10.3. The van der Waals surface area contributed by atoms with Gasteiger partial charge in [-0.3, -0.25) is 4.98 Å². The van der Waals surface area contributed by atoms with Crippen molar-refractivity contribution in [3.05, 3.63) is 48.0 Å². The molecule has 1 atom stereocenters. The van der Waals surface area contributed by atoms with Gasteiger partial charge in [0.1, 0.15) is 0 Å². The number of ether oxygens (including phenoxy) is 2. The maximum Gasteiger partial charge on any atom is 0.316 e. The summed E-state index contributed by atoms with van der Waals surface area (Å²) < 4.78 is 11.3. The molecule has 0 aromatic carbocycles. The molecule has 2 aromatic rings. The van der Waals surface area contributed by atoms with E-state index in [1.807, 2.05) is 24.7 Å². The van der Waals surface area contributed by atoms with E-state index in [0.717, 1.165) is 44.5 Å². The fourth-order valence-electron chi connectivity index (χ4n) is 4.90. The number of methoxy groups -OCH3 is 1. The second kappa shape index (κ2) is 8.53. The maximum atomic E-state index is 6.32. The molecule has 1 saturated carbocycles. The van der Waals surface area contributed by atoms with E-state index >= 15 is 0 Å². The largest absolute Gasteiger partial charge is 0.467 e. The molecule has 2 fully saturated rings. The van der Waals surface area contributed by atoms with Gasteiger partial charge in [0, 0.05) is 48.4 Å². The lowest BCUT2D eigenvalue weighted by Gasteiger charge is -2.46. The standard InChI is InChI=1S/C22H30N4O2/c1-27-20-25-15-18(16-26-20)14-23-12-9-21(19-6-2-5-11-24-19)10-13-28-22(17-21)7-3-4-8-22/h2,5-6,11,15-16,23H,3-4,7-10,12-14,17H2,1H3/t21-/m0/s1. The van der Waals surface area contributed by atoms with Gasteiger partial charge in [0.2, 0.25) is 0 Å². The molecule has 6 heteroatoms. The summed E-state index contributed by atoms with van der Waals surface area (Å²) in [6.45, 7) is 2.52. The summed E-state index contributed by atoms with van der Waals surface area (Å²) in [6.07, 6.45) is 13.7. The number of pyridine rings is 1. The predicted molar refractivity (Wildman–Crippen MR) is 107 cm³/mol. The van der Waals surface area contributed by atoms with Gasteiger partial charge in [-0.25, -0.2) is 9.97 Å². The Morgan fingerprint density at radius 1 is 1.11 bits per heavy atom. The highest BCUT2D eigenvalue weighted by Crippen LogP contribution is 2.49. The van der Waals surface area contributed by atoms with E-state index in [-0.39, 0.29) is 11.0 Å². The SMILES string of the molecule is COc1ncc(CNCC[C@]2(c3ccccn3)CCOC3(CCCC3)C2)cn1. The van der Waals surface area contributed by atoms with Crippen molar-refractivity contribution >= 4 is 0 Å². The number of aromatic nitrogens is 3. The quantitative estimate of drug-likeness (QED) is 0.740. The van der Waals surface area contributed by atoms with Crippen LogP contribution in [0.15, 0.2) is 36.8 Å². The summed E-state index contributed by atoms with van der Waals surface area (Å²) >= 11 is 0. The first-order valence-electron chi connectivity index (χ1n) is 10.3. The highest BCUT2D eigenvalue weighted by atomic mass is 16.5. The molecule has 0 radical (unpaired) electrons. The molecule has 1 spiro atoms. The Kier molecular flexibility index (Phi) is 5.87. The van der Waals surface area contributed by atoms with Crippen molar-refractivity contribution in [2.24, 2.45) is 0 Å². The molecule has 0 unspecified atom stereocenters. The van der Waals surface area contributed by atoms with Gasteiger partial charge in [-0.15, -0.1) is 0 Å². The van der Waals surface area contributed by atoms with Crippen molar-refractivity contribution in [1.29, 1.82) is 0 Å². The predicted octanol–water partition coefficient (Wildman–Crippen LogP) is 3.42. The minimum Gasteiger partial charge on any atom is -0.467 e. The third-order valence-electron chi connectivity index (χ3n) is 6.35. The lowest BCUT2D eigenvalue weighted by Crippen LogP contribution is -2.47. The summed E-state index contributed by atoms with van der Waals surface area (Å²) in [5.74, 6) is 0. The molecule has 150 valence electrons. The van der Waals surface area contributed by atoms with Crippen molar-refractivity contribution < 1.29 is 9.47 Å². The number of hydrogen-bond acceptors (Lipinski definition) is 6. The summed E-state index contributed by atoms with van der Waals surface area (Å²) in [5, 5.41) is 3.57. The van der Waals surface area contributed by atoms with Crippen LogP contribution in [0.1, 0.15) is 56.2 Å². The highest BCUT2D eigenvalue weighted by molar-refractivity contribution is 5.20. The number of nitrogens with zero attached hydrogens (tertiary/aromatic N) is 3. The lowest BCUT2D eigenvalue weighted by molar-refractivity contribution is -0.104. The normalized spacial score (nSPS) is 23.8. The van der Waals surface area contributed by atoms with Gasteiger partial charge in [0.05, 0.1) is 12.7 Å². The van der Waals surface area contributed by atoms with Gasteiger partial charge in [-0.05, 0) is 50.8 Å². The van der Waals surface area contributed by atoms with Gasteiger partial charge in [-0.1, -0.05) is 18.9 Å². The Hall–Kier alpha value is -2.05. The number of nitrogens with one attached hydrogen (secondary N) is 1. The smallest absolute Gasteiger partial charge is 0.316 e. The Morgan fingerprint density at radius 3 is 2.64 bits per heavy atom. The molecule has 1 N–H and O–H groups in total. The van der Waals surface area contributed by atoms with Crippen LogP contribution in [0.2, 0.25) is 0 Å². The fourth-order valence-corrected chi connectivity index (χ4v) is 4.90. The molecule has 0 amide bonds. The zero-order chi connectivity index (χ0) is 19.3. The third kappa shape index (κ3) is 4.18. The van der Waals surface area contributed by atoms with E-state index in [2.05, 4.69) is 27.4 Å².